The Balaban J connectivity index is 2.97. The summed E-state index contributed by atoms with van der Waals surface area (Å²) in [5, 5.41) is 3.10. The molecule has 1 aromatic carbocycles. The molecule has 1 atom stereocenters. The maximum Gasteiger partial charge on any atom is 0.422 e. The fraction of sp³-hybridized carbons (Fsp3) is 0.571. The van der Waals surface area contributed by atoms with Crippen molar-refractivity contribution in [3.8, 4) is 5.75 Å². The molecule has 0 amide bonds. The Bertz CT molecular complexity index is 446. The van der Waals surface area contributed by atoms with Crippen LogP contribution in [-0.4, -0.2) is 19.3 Å². The van der Waals surface area contributed by atoms with Gasteiger partial charge in [0.15, 0.2) is 6.61 Å². The van der Waals surface area contributed by atoms with Gasteiger partial charge in [-0.25, -0.2) is 4.39 Å². The number of hydrogen-bond acceptors (Lipinski definition) is 2. The molecule has 0 aliphatic rings. The summed E-state index contributed by atoms with van der Waals surface area (Å²) in [6.45, 7) is 4.53. The van der Waals surface area contributed by atoms with Crippen LogP contribution in [0.4, 0.5) is 17.6 Å². The maximum atomic E-state index is 13.6. The van der Waals surface area contributed by atoms with Gasteiger partial charge in [-0.2, -0.15) is 13.2 Å². The Labute approximate surface area is 116 Å². The normalized spacial score (nSPS) is 13.3. The van der Waals surface area contributed by atoms with Crippen molar-refractivity contribution in [1.29, 1.82) is 0 Å². The quantitative estimate of drug-likeness (QED) is 0.796. The summed E-state index contributed by atoms with van der Waals surface area (Å²) in [5.41, 5.74) is 0.652. The molecule has 0 fully saturated rings. The minimum Gasteiger partial charge on any atom is -0.484 e. The molecule has 20 heavy (non-hydrogen) atoms. The minimum absolute atomic E-state index is 0.0670. The number of nitrogens with one attached hydrogen (secondary N) is 1. The zero-order valence-electron chi connectivity index (χ0n) is 11.8. The third-order valence-corrected chi connectivity index (χ3v) is 2.85. The lowest BCUT2D eigenvalue weighted by Crippen LogP contribution is -2.23. The van der Waals surface area contributed by atoms with E-state index in [4.69, 9.17) is 4.74 Å². The van der Waals surface area contributed by atoms with Gasteiger partial charge in [-0.15, -0.1) is 0 Å². The highest BCUT2D eigenvalue weighted by atomic mass is 19.4. The topological polar surface area (TPSA) is 21.3 Å². The molecule has 0 bridgehead atoms. The van der Waals surface area contributed by atoms with Crippen LogP contribution in [0, 0.1) is 12.7 Å². The number of aryl methyl sites for hydroxylation is 1. The van der Waals surface area contributed by atoms with E-state index in [0.717, 1.165) is 6.42 Å². The molecule has 0 radical (unpaired) electrons. The lowest BCUT2D eigenvalue weighted by atomic mass is 10.0. The first-order valence-corrected chi connectivity index (χ1v) is 6.47. The monoisotopic (exact) mass is 293 g/mol. The van der Waals surface area contributed by atoms with Crippen LogP contribution in [0.25, 0.3) is 0 Å². The number of alkyl halides is 3. The summed E-state index contributed by atoms with van der Waals surface area (Å²) in [7, 11) is 0. The second-order valence-electron chi connectivity index (χ2n) is 4.72. The van der Waals surface area contributed by atoms with Gasteiger partial charge in [-0.3, -0.25) is 0 Å². The first kappa shape index (κ1) is 16.8. The molecule has 0 saturated heterocycles. The highest BCUT2D eigenvalue weighted by Crippen LogP contribution is 2.29. The maximum absolute atomic E-state index is 13.6. The molecule has 6 heteroatoms. The van der Waals surface area contributed by atoms with Crippen molar-refractivity contribution in [1.82, 2.24) is 5.32 Å². The molecule has 1 aromatic rings. The van der Waals surface area contributed by atoms with Crippen molar-refractivity contribution in [2.24, 2.45) is 0 Å². The predicted molar refractivity (Wildman–Crippen MR) is 69.4 cm³/mol. The second kappa shape index (κ2) is 6.92. The Kier molecular flexibility index (Phi) is 5.80. The Morgan fingerprint density at radius 2 is 1.95 bits per heavy atom. The second-order valence-corrected chi connectivity index (χ2v) is 4.72. The van der Waals surface area contributed by atoms with Crippen molar-refractivity contribution in [3.63, 3.8) is 0 Å². The van der Waals surface area contributed by atoms with Gasteiger partial charge in [0.1, 0.15) is 11.6 Å². The smallest absolute Gasteiger partial charge is 0.422 e. The summed E-state index contributed by atoms with van der Waals surface area (Å²) in [5.74, 6) is -0.387. The van der Waals surface area contributed by atoms with E-state index in [-0.39, 0.29) is 17.4 Å². The zero-order chi connectivity index (χ0) is 15.3. The predicted octanol–water partition coefficient (Wildman–Crippen LogP) is 4.14. The van der Waals surface area contributed by atoms with E-state index in [9.17, 15) is 17.6 Å². The zero-order valence-corrected chi connectivity index (χ0v) is 11.8. The van der Waals surface area contributed by atoms with E-state index < -0.39 is 18.6 Å². The number of hydrogen-bond donors (Lipinski definition) is 1. The third kappa shape index (κ3) is 5.00. The van der Waals surface area contributed by atoms with Gasteiger partial charge in [0.25, 0.3) is 0 Å². The van der Waals surface area contributed by atoms with Crippen LogP contribution in [0.15, 0.2) is 12.1 Å². The highest BCUT2D eigenvalue weighted by Gasteiger charge is 2.29. The van der Waals surface area contributed by atoms with E-state index in [1.807, 2.05) is 6.92 Å². The van der Waals surface area contributed by atoms with E-state index in [1.54, 1.807) is 6.92 Å². The van der Waals surface area contributed by atoms with Crippen LogP contribution in [0.1, 0.15) is 37.4 Å². The van der Waals surface area contributed by atoms with E-state index >= 15 is 0 Å². The molecule has 0 spiro atoms. The Morgan fingerprint density at radius 1 is 1.30 bits per heavy atom. The SMILES string of the molecule is CCCNC(C)c1cc(F)c(C)cc1OCC(F)(F)F. The van der Waals surface area contributed by atoms with Crippen LogP contribution in [0.2, 0.25) is 0 Å². The van der Waals surface area contributed by atoms with Gasteiger partial charge in [-0.05, 0) is 44.5 Å². The molecule has 1 N–H and O–H groups in total. The summed E-state index contributed by atoms with van der Waals surface area (Å²) < 4.78 is 55.1. The average Bonchev–Trinajstić information content (AvgIpc) is 2.35. The molecule has 2 nitrogen and oxygen atoms in total. The van der Waals surface area contributed by atoms with Gasteiger partial charge in [0.05, 0.1) is 0 Å². The Hall–Kier alpha value is -1.30. The molecule has 114 valence electrons. The summed E-state index contributed by atoms with van der Waals surface area (Å²) >= 11 is 0. The average molecular weight is 293 g/mol. The van der Waals surface area contributed by atoms with Crippen LogP contribution >= 0.6 is 0 Å². The first-order valence-electron chi connectivity index (χ1n) is 6.47. The molecule has 0 aliphatic heterocycles. The van der Waals surface area contributed by atoms with E-state index in [0.29, 0.717) is 12.1 Å². The summed E-state index contributed by atoms with van der Waals surface area (Å²) in [6, 6.07) is 2.25. The first-order chi connectivity index (χ1) is 9.24. The highest BCUT2D eigenvalue weighted by molar-refractivity contribution is 5.40. The van der Waals surface area contributed by atoms with Crippen molar-refractivity contribution in [2.45, 2.75) is 39.4 Å². The number of benzene rings is 1. The molecule has 0 saturated carbocycles. The van der Waals surface area contributed by atoms with Gasteiger partial charge in [-0.1, -0.05) is 6.92 Å². The molecular weight excluding hydrogens is 274 g/mol. The molecule has 1 unspecified atom stereocenters. The fourth-order valence-corrected chi connectivity index (χ4v) is 1.76. The third-order valence-electron chi connectivity index (χ3n) is 2.85. The van der Waals surface area contributed by atoms with Crippen LogP contribution in [0.5, 0.6) is 5.75 Å². The standard InChI is InChI=1S/C14H19F4NO/c1-4-5-19-10(3)11-7-12(15)9(2)6-13(11)20-8-14(16,17)18/h6-7,10,19H,4-5,8H2,1-3H3. The molecule has 0 heterocycles. The number of ether oxygens (including phenoxy) is 1. The molecule has 1 rings (SSSR count). The van der Waals surface area contributed by atoms with Gasteiger partial charge >= 0.3 is 6.18 Å². The van der Waals surface area contributed by atoms with E-state index in [1.165, 1.54) is 19.1 Å². The van der Waals surface area contributed by atoms with Crippen molar-refractivity contribution in [2.75, 3.05) is 13.2 Å². The fourth-order valence-electron chi connectivity index (χ4n) is 1.76. The van der Waals surface area contributed by atoms with Crippen molar-refractivity contribution < 1.29 is 22.3 Å². The molecule has 0 aliphatic carbocycles. The minimum atomic E-state index is -4.42. The van der Waals surface area contributed by atoms with Gasteiger partial charge in [0.2, 0.25) is 0 Å². The molecular formula is C14H19F4NO. The number of halogens is 4. The van der Waals surface area contributed by atoms with Gasteiger partial charge in [0, 0.05) is 11.6 Å². The summed E-state index contributed by atoms with van der Waals surface area (Å²) in [4.78, 5) is 0. The summed E-state index contributed by atoms with van der Waals surface area (Å²) in [6.07, 6.45) is -3.54. The van der Waals surface area contributed by atoms with Gasteiger partial charge < -0.3 is 10.1 Å². The van der Waals surface area contributed by atoms with Crippen LogP contribution in [0.3, 0.4) is 0 Å². The van der Waals surface area contributed by atoms with E-state index in [2.05, 4.69) is 5.32 Å². The lowest BCUT2D eigenvalue weighted by molar-refractivity contribution is -0.153. The van der Waals surface area contributed by atoms with Crippen molar-refractivity contribution in [3.05, 3.63) is 29.1 Å². The number of rotatable bonds is 6. The largest absolute Gasteiger partial charge is 0.484 e. The van der Waals surface area contributed by atoms with Crippen LogP contribution < -0.4 is 10.1 Å². The molecule has 0 aromatic heterocycles. The Morgan fingerprint density at radius 3 is 2.50 bits per heavy atom. The van der Waals surface area contributed by atoms with Crippen LogP contribution in [-0.2, 0) is 0 Å². The van der Waals surface area contributed by atoms with Crippen molar-refractivity contribution >= 4 is 0 Å². The lowest BCUT2D eigenvalue weighted by Gasteiger charge is -2.19.